The van der Waals surface area contributed by atoms with E-state index in [4.69, 9.17) is 0 Å². The van der Waals surface area contributed by atoms with Crippen LogP contribution in [0.5, 0.6) is 0 Å². The van der Waals surface area contributed by atoms with E-state index in [0.717, 1.165) is 64.3 Å². The first-order chi connectivity index (χ1) is 13.4. The van der Waals surface area contributed by atoms with Gasteiger partial charge >= 0.3 is 6.18 Å². The molecule has 28 heavy (non-hydrogen) atoms. The first-order valence-corrected chi connectivity index (χ1v) is 10.3. The summed E-state index contributed by atoms with van der Waals surface area (Å²) in [5, 5.41) is 6.59. The molecule has 1 spiro atoms. The number of carbonyl (C=O) groups excluding carboxylic acids is 1. The van der Waals surface area contributed by atoms with Crippen LogP contribution in [-0.2, 0) is 17.5 Å². The average molecular weight is 395 g/mol. The van der Waals surface area contributed by atoms with Crippen LogP contribution in [0.25, 0.3) is 0 Å². The van der Waals surface area contributed by atoms with Crippen molar-refractivity contribution < 1.29 is 18.0 Å². The molecule has 1 saturated carbocycles. The Labute approximate surface area is 163 Å². The van der Waals surface area contributed by atoms with Crippen molar-refractivity contribution in [2.75, 3.05) is 26.2 Å². The lowest BCUT2D eigenvalue weighted by molar-refractivity contribution is -0.137. The molecule has 0 radical (unpaired) electrons. The molecular formula is C21H28F3N3O. The number of nitrogens with one attached hydrogen (secondary N) is 2. The van der Waals surface area contributed by atoms with Gasteiger partial charge in [-0.2, -0.15) is 13.2 Å². The summed E-state index contributed by atoms with van der Waals surface area (Å²) >= 11 is 0. The third-order valence-electron chi connectivity index (χ3n) is 6.70. The van der Waals surface area contributed by atoms with Crippen LogP contribution in [0.4, 0.5) is 13.2 Å². The molecule has 1 amide bonds. The molecule has 2 aliphatic heterocycles. The van der Waals surface area contributed by atoms with Gasteiger partial charge in [0.15, 0.2) is 0 Å². The van der Waals surface area contributed by atoms with E-state index >= 15 is 0 Å². The number of hydrogen-bond donors (Lipinski definition) is 2. The molecule has 4 rings (SSSR count). The Balaban J connectivity index is 1.23. The highest BCUT2D eigenvalue weighted by Gasteiger charge is 2.57. The predicted molar refractivity (Wildman–Crippen MR) is 101 cm³/mol. The molecule has 0 bridgehead atoms. The van der Waals surface area contributed by atoms with Crippen LogP contribution >= 0.6 is 0 Å². The van der Waals surface area contributed by atoms with E-state index in [0.29, 0.717) is 12.1 Å². The van der Waals surface area contributed by atoms with Crippen LogP contribution in [0.1, 0.15) is 43.2 Å². The first-order valence-electron chi connectivity index (χ1n) is 10.3. The summed E-state index contributed by atoms with van der Waals surface area (Å²) in [7, 11) is 0. The van der Waals surface area contributed by atoms with Gasteiger partial charge in [0.1, 0.15) is 0 Å². The van der Waals surface area contributed by atoms with E-state index in [1.807, 2.05) is 0 Å². The van der Waals surface area contributed by atoms with Crippen molar-refractivity contribution in [3.63, 3.8) is 0 Å². The Morgan fingerprint density at radius 1 is 1.21 bits per heavy atom. The van der Waals surface area contributed by atoms with Crippen molar-refractivity contribution in [3.05, 3.63) is 35.4 Å². The van der Waals surface area contributed by atoms with Crippen molar-refractivity contribution in [3.8, 4) is 0 Å². The maximum atomic E-state index is 12.9. The number of piperidine rings is 2. The quantitative estimate of drug-likeness (QED) is 0.823. The molecule has 1 aromatic rings. The zero-order valence-corrected chi connectivity index (χ0v) is 16.0. The lowest BCUT2D eigenvalue weighted by Crippen LogP contribution is -2.45. The maximum absolute atomic E-state index is 12.9. The van der Waals surface area contributed by atoms with Crippen LogP contribution < -0.4 is 10.6 Å². The number of nitrogens with zero attached hydrogens (tertiary/aromatic N) is 1. The summed E-state index contributed by atoms with van der Waals surface area (Å²) in [6, 6.07) is 5.74. The van der Waals surface area contributed by atoms with Gasteiger partial charge in [-0.3, -0.25) is 9.69 Å². The molecule has 2 saturated heterocycles. The Morgan fingerprint density at radius 2 is 1.93 bits per heavy atom. The topological polar surface area (TPSA) is 44.4 Å². The van der Waals surface area contributed by atoms with E-state index in [-0.39, 0.29) is 23.3 Å². The van der Waals surface area contributed by atoms with Gasteiger partial charge in [0, 0.05) is 31.6 Å². The van der Waals surface area contributed by atoms with Gasteiger partial charge in [-0.25, -0.2) is 0 Å². The molecule has 0 aromatic heterocycles. The molecule has 1 atom stereocenters. The van der Waals surface area contributed by atoms with Crippen molar-refractivity contribution in [2.45, 2.75) is 50.9 Å². The number of halogens is 3. The van der Waals surface area contributed by atoms with Crippen molar-refractivity contribution in [1.82, 2.24) is 15.5 Å². The lowest BCUT2D eigenvalue weighted by atomic mass is 9.91. The number of carbonyl (C=O) groups is 1. The van der Waals surface area contributed by atoms with Gasteiger partial charge in [-0.1, -0.05) is 18.2 Å². The van der Waals surface area contributed by atoms with Gasteiger partial charge in [0.2, 0.25) is 5.91 Å². The monoisotopic (exact) mass is 395 g/mol. The minimum absolute atomic E-state index is 0.178. The van der Waals surface area contributed by atoms with Crippen molar-refractivity contribution in [2.24, 2.45) is 11.3 Å². The van der Waals surface area contributed by atoms with Crippen molar-refractivity contribution >= 4 is 5.91 Å². The number of hydrogen-bond acceptors (Lipinski definition) is 3. The van der Waals surface area contributed by atoms with Crippen LogP contribution in [0.2, 0.25) is 0 Å². The maximum Gasteiger partial charge on any atom is 0.416 e. The van der Waals surface area contributed by atoms with Gasteiger partial charge < -0.3 is 10.6 Å². The van der Waals surface area contributed by atoms with E-state index < -0.39 is 11.7 Å². The standard InChI is InChI=1S/C21H28F3N3O/c22-21(23,24)16-3-1-2-15(12-16)14-27-10-4-17(5-11-27)26-19(28)18-13-20(18)6-8-25-9-7-20/h1-3,12,17-18,25H,4-11,13-14H2,(H,26,28). The zero-order valence-electron chi connectivity index (χ0n) is 16.0. The van der Waals surface area contributed by atoms with Gasteiger partial charge in [0.25, 0.3) is 0 Å². The van der Waals surface area contributed by atoms with Crippen LogP contribution in [-0.4, -0.2) is 43.0 Å². The molecule has 3 fully saturated rings. The molecule has 2 N–H and O–H groups in total. The molecule has 3 aliphatic rings. The fraction of sp³-hybridized carbons (Fsp3) is 0.667. The number of likely N-dealkylation sites (tertiary alicyclic amines) is 1. The van der Waals surface area contributed by atoms with E-state index in [9.17, 15) is 18.0 Å². The fourth-order valence-electron chi connectivity index (χ4n) is 4.84. The molecule has 1 unspecified atom stereocenters. The Morgan fingerprint density at radius 3 is 2.61 bits per heavy atom. The van der Waals surface area contributed by atoms with Crippen LogP contribution in [0.15, 0.2) is 24.3 Å². The van der Waals surface area contributed by atoms with Gasteiger partial charge in [-0.15, -0.1) is 0 Å². The molecular weight excluding hydrogens is 367 g/mol. The molecule has 7 heteroatoms. The SMILES string of the molecule is O=C(NC1CCN(Cc2cccc(C(F)(F)F)c2)CC1)C1CC12CCNCC2. The summed E-state index contributed by atoms with van der Waals surface area (Å²) < 4.78 is 38.6. The fourth-order valence-corrected chi connectivity index (χ4v) is 4.84. The third kappa shape index (κ3) is 4.35. The largest absolute Gasteiger partial charge is 0.416 e. The normalized spacial score (nSPS) is 25.6. The predicted octanol–water partition coefficient (Wildman–Crippen LogP) is 3.18. The van der Waals surface area contributed by atoms with Crippen LogP contribution in [0, 0.1) is 11.3 Å². The smallest absolute Gasteiger partial charge is 0.353 e. The average Bonchev–Trinajstić information content (AvgIpc) is 3.36. The summed E-state index contributed by atoms with van der Waals surface area (Å²) in [6.45, 7) is 4.13. The second-order valence-corrected chi connectivity index (χ2v) is 8.63. The first kappa shape index (κ1) is 19.7. The summed E-state index contributed by atoms with van der Waals surface area (Å²) in [6.07, 6.45) is 0.621. The minimum Gasteiger partial charge on any atom is -0.353 e. The van der Waals surface area contributed by atoms with Gasteiger partial charge in [-0.05, 0) is 62.2 Å². The number of amides is 1. The van der Waals surface area contributed by atoms with E-state index in [1.165, 1.54) is 12.1 Å². The van der Waals surface area contributed by atoms with Crippen molar-refractivity contribution in [1.29, 1.82) is 0 Å². The zero-order chi connectivity index (χ0) is 19.8. The number of alkyl halides is 3. The summed E-state index contributed by atoms with van der Waals surface area (Å²) in [5.74, 6) is 0.385. The summed E-state index contributed by atoms with van der Waals surface area (Å²) in [5.41, 5.74) is 0.339. The highest BCUT2D eigenvalue weighted by atomic mass is 19.4. The molecule has 4 nitrogen and oxygen atoms in total. The third-order valence-corrected chi connectivity index (χ3v) is 6.70. The van der Waals surface area contributed by atoms with Gasteiger partial charge in [0.05, 0.1) is 5.56 Å². The molecule has 1 aromatic carbocycles. The molecule has 154 valence electrons. The minimum atomic E-state index is -4.30. The lowest BCUT2D eigenvalue weighted by Gasteiger charge is -2.33. The summed E-state index contributed by atoms with van der Waals surface area (Å²) in [4.78, 5) is 14.8. The molecule has 2 heterocycles. The Bertz CT molecular complexity index is 707. The molecule has 1 aliphatic carbocycles. The second kappa shape index (κ2) is 7.67. The van der Waals surface area contributed by atoms with E-state index in [2.05, 4.69) is 15.5 Å². The highest BCUT2D eigenvalue weighted by Crippen LogP contribution is 2.58. The Kier molecular flexibility index (Phi) is 5.40. The highest BCUT2D eigenvalue weighted by molar-refractivity contribution is 5.82. The second-order valence-electron chi connectivity index (χ2n) is 8.63. The van der Waals surface area contributed by atoms with Crippen LogP contribution in [0.3, 0.4) is 0 Å². The number of benzene rings is 1. The number of rotatable bonds is 4. The van der Waals surface area contributed by atoms with E-state index in [1.54, 1.807) is 6.07 Å². The Hall–Kier alpha value is -1.60.